The number of carbonyl (C=O) groups excluding carboxylic acids is 2. The standard InChI is InChI=1S/C10H6Br2O3/c11-6-1-5(2-7(12)3-6)8-4-9(13)15-10(8)14/h1-3,8H,4H2/t8-/m1/s1. The van der Waals surface area contributed by atoms with E-state index in [0.29, 0.717) is 0 Å². The van der Waals surface area contributed by atoms with Crippen LogP contribution < -0.4 is 0 Å². The van der Waals surface area contributed by atoms with Gasteiger partial charge < -0.3 is 4.74 Å². The van der Waals surface area contributed by atoms with E-state index in [-0.39, 0.29) is 6.42 Å². The lowest BCUT2D eigenvalue weighted by molar-refractivity contribution is -0.152. The summed E-state index contributed by atoms with van der Waals surface area (Å²) < 4.78 is 6.22. The summed E-state index contributed by atoms with van der Waals surface area (Å²) in [5.74, 6) is -1.39. The van der Waals surface area contributed by atoms with Crippen molar-refractivity contribution < 1.29 is 14.3 Å². The first-order valence-corrected chi connectivity index (χ1v) is 5.85. The maximum Gasteiger partial charge on any atom is 0.321 e. The summed E-state index contributed by atoms with van der Waals surface area (Å²) in [6, 6.07) is 5.50. The molecule has 5 heteroatoms. The van der Waals surface area contributed by atoms with Gasteiger partial charge in [0.25, 0.3) is 0 Å². The van der Waals surface area contributed by atoms with Crippen LogP contribution >= 0.6 is 31.9 Å². The minimum absolute atomic E-state index is 0.127. The maximum absolute atomic E-state index is 11.3. The minimum Gasteiger partial charge on any atom is -0.393 e. The number of rotatable bonds is 1. The molecule has 1 heterocycles. The van der Waals surface area contributed by atoms with E-state index in [1.807, 2.05) is 18.2 Å². The van der Waals surface area contributed by atoms with Crippen molar-refractivity contribution >= 4 is 43.8 Å². The lowest BCUT2D eigenvalue weighted by Gasteiger charge is -2.06. The molecule has 1 aromatic carbocycles. The monoisotopic (exact) mass is 332 g/mol. The number of esters is 2. The van der Waals surface area contributed by atoms with Crippen molar-refractivity contribution in [2.24, 2.45) is 0 Å². The number of carbonyl (C=O) groups is 2. The van der Waals surface area contributed by atoms with Crippen molar-refractivity contribution in [1.29, 1.82) is 0 Å². The van der Waals surface area contributed by atoms with Crippen LogP contribution in [0.4, 0.5) is 0 Å². The van der Waals surface area contributed by atoms with E-state index < -0.39 is 17.9 Å². The highest BCUT2D eigenvalue weighted by Crippen LogP contribution is 2.31. The molecule has 78 valence electrons. The van der Waals surface area contributed by atoms with Gasteiger partial charge in [-0.2, -0.15) is 0 Å². The van der Waals surface area contributed by atoms with E-state index in [2.05, 4.69) is 36.6 Å². The topological polar surface area (TPSA) is 43.4 Å². The highest BCUT2D eigenvalue weighted by Gasteiger charge is 2.34. The van der Waals surface area contributed by atoms with Crippen LogP contribution in [-0.2, 0) is 14.3 Å². The predicted molar refractivity (Wildman–Crippen MR) is 60.3 cm³/mol. The molecule has 1 aromatic rings. The van der Waals surface area contributed by atoms with Crippen molar-refractivity contribution in [2.45, 2.75) is 12.3 Å². The van der Waals surface area contributed by atoms with E-state index in [0.717, 1.165) is 14.5 Å². The van der Waals surface area contributed by atoms with Crippen molar-refractivity contribution in [3.8, 4) is 0 Å². The average molecular weight is 334 g/mol. The molecule has 1 atom stereocenters. The number of cyclic esters (lactones) is 2. The normalized spacial score (nSPS) is 20.5. The Kier molecular flexibility index (Phi) is 2.93. The van der Waals surface area contributed by atoms with E-state index >= 15 is 0 Å². The van der Waals surface area contributed by atoms with E-state index in [9.17, 15) is 9.59 Å². The zero-order valence-corrected chi connectivity index (χ0v) is 10.7. The van der Waals surface area contributed by atoms with Crippen molar-refractivity contribution in [3.63, 3.8) is 0 Å². The summed E-state index contributed by atoms with van der Waals surface area (Å²) in [6.07, 6.45) is 0.127. The first-order valence-electron chi connectivity index (χ1n) is 4.27. The summed E-state index contributed by atoms with van der Waals surface area (Å²) in [5.41, 5.74) is 0.784. The zero-order valence-electron chi connectivity index (χ0n) is 7.50. The fourth-order valence-electron chi connectivity index (χ4n) is 1.51. The van der Waals surface area contributed by atoms with Crippen LogP contribution in [0.15, 0.2) is 27.1 Å². The third-order valence-corrected chi connectivity index (χ3v) is 3.07. The molecule has 0 unspecified atom stereocenters. The summed E-state index contributed by atoms with van der Waals surface area (Å²) in [6.45, 7) is 0. The van der Waals surface area contributed by atoms with Gasteiger partial charge in [-0.3, -0.25) is 9.59 Å². The third kappa shape index (κ3) is 2.29. The molecule has 1 aliphatic rings. The molecule has 1 fully saturated rings. The lowest BCUT2D eigenvalue weighted by atomic mass is 9.98. The molecule has 0 aliphatic carbocycles. The Balaban J connectivity index is 2.37. The molecule has 1 aliphatic heterocycles. The first-order chi connectivity index (χ1) is 7.06. The van der Waals surface area contributed by atoms with Crippen LogP contribution in [0.2, 0.25) is 0 Å². The number of ether oxygens (including phenoxy) is 1. The van der Waals surface area contributed by atoms with Crippen LogP contribution in [0, 0.1) is 0 Å². The van der Waals surface area contributed by atoms with Gasteiger partial charge in [-0.15, -0.1) is 0 Å². The van der Waals surface area contributed by atoms with Gasteiger partial charge in [-0.05, 0) is 23.8 Å². The second kappa shape index (κ2) is 4.06. The molecule has 1 saturated heterocycles. The van der Waals surface area contributed by atoms with Crippen molar-refractivity contribution in [2.75, 3.05) is 0 Å². The second-order valence-corrected chi connectivity index (χ2v) is 5.08. The Labute approximate surface area is 103 Å². The van der Waals surface area contributed by atoms with Gasteiger partial charge in [-0.1, -0.05) is 31.9 Å². The van der Waals surface area contributed by atoms with Crippen molar-refractivity contribution in [1.82, 2.24) is 0 Å². The van der Waals surface area contributed by atoms with Crippen LogP contribution in [0.1, 0.15) is 17.9 Å². The Hall–Kier alpha value is -0.680. The number of halogens is 2. The highest BCUT2D eigenvalue weighted by atomic mass is 79.9. The molecule has 0 amide bonds. The fraction of sp³-hybridized carbons (Fsp3) is 0.200. The Morgan fingerprint density at radius 3 is 2.20 bits per heavy atom. The Morgan fingerprint density at radius 1 is 1.13 bits per heavy atom. The molecule has 0 saturated carbocycles. The molecule has 0 spiro atoms. The fourth-order valence-corrected chi connectivity index (χ4v) is 2.83. The van der Waals surface area contributed by atoms with Gasteiger partial charge in [-0.25, -0.2) is 0 Å². The van der Waals surface area contributed by atoms with Crippen LogP contribution in [0.25, 0.3) is 0 Å². The molecular weight excluding hydrogens is 328 g/mol. The second-order valence-electron chi connectivity index (χ2n) is 3.25. The van der Waals surface area contributed by atoms with E-state index in [1.54, 1.807) is 0 Å². The lowest BCUT2D eigenvalue weighted by Crippen LogP contribution is -2.05. The Bertz CT molecular complexity index is 422. The summed E-state index contributed by atoms with van der Waals surface area (Å²) in [4.78, 5) is 22.3. The number of hydrogen-bond acceptors (Lipinski definition) is 3. The molecule has 0 bridgehead atoms. The van der Waals surface area contributed by atoms with E-state index in [4.69, 9.17) is 0 Å². The predicted octanol–water partition coefficient (Wildman–Crippen LogP) is 2.77. The molecule has 3 nitrogen and oxygen atoms in total. The van der Waals surface area contributed by atoms with Gasteiger partial charge in [0.1, 0.15) is 0 Å². The zero-order chi connectivity index (χ0) is 11.0. The maximum atomic E-state index is 11.3. The van der Waals surface area contributed by atoms with Crippen LogP contribution in [0.3, 0.4) is 0 Å². The van der Waals surface area contributed by atoms with Gasteiger partial charge in [0, 0.05) is 8.95 Å². The smallest absolute Gasteiger partial charge is 0.321 e. The highest BCUT2D eigenvalue weighted by molar-refractivity contribution is 9.11. The van der Waals surface area contributed by atoms with E-state index in [1.165, 1.54) is 0 Å². The van der Waals surface area contributed by atoms with Crippen LogP contribution in [0.5, 0.6) is 0 Å². The number of benzene rings is 1. The molecule has 2 rings (SSSR count). The largest absolute Gasteiger partial charge is 0.393 e. The SMILES string of the molecule is O=C1C[C@H](c2cc(Br)cc(Br)c2)C(=O)O1. The summed E-state index contributed by atoms with van der Waals surface area (Å²) in [7, 11) is 0. The van der Waals surface area contributed by atoms with Gasteiger partial charge in [0.2, 0.25) is 0 Å². The minimum atomic E-state index is -0.468. The van der Waals surface area contributed by atoms with Gasteiger partial charge in [0.15, 0.2) is 0 Å². The molecule has 0 aromatic heterocycles. The summed E-state index contributed by atoms with van der Waals surface area (Å²) in [5, 5.41) is 0. The summed E-state index contributed by atoms with van der Waals surface area (Å²) >= 11 is 6.66. The third-order valence-electron chi connectivity index (χ3n) is 2.16. The van der Waals surface area contributed by atoms with Crippen molar-refractivity contribution in [3.05, 3.63) is 32.7 Å². The molecule has 0 N–H and O–H groups in total. The molecule has 15 heavy (non-hydrogen) atoms. The molecule has 0 radical (unpaired) electrons. The first kappa shape index (κ1) is 10.8. The average Bonchev–Trinajstić information content (AvgIpc) is 2.43. The Morgan fingerprint density at radius 2 is 1.73 bits per heavy atom. The van der Waals surface area contributed by atoms with Gasteiger partial charge >= 0.3 is 11.9 Å². The number of hydrogen-bond donors (Lipinski definition) is 0. The molecular formula is C10H6Br2O3. The van der Waals surface area contributed by atoms with Gasteiger partial charge in [0.05, 0.1) is 12.3 Å². The van der Waals surface area contributed by atoms with Crippen LogP contribution in [-0.4, -0.2) is 11.9 Å². The quantitative estimate of drug-likeness (QED) is 0.586.